The SMILES string of the molecule is CN=C(NCc1cccc(OCC(F)(F)F)c1)N1CCCC(CC(N)=O)C1.I. The molecule has 1 aromatic rings. The fourth-order valence-electron chi connectivity index (χ4n) is 3.13. The van der Waals surface area contributed by atoms with E-state index >= 15 is 0 Å². The highest BCUT2D eigenvalue weighted by Gasteiger charge is 2.28. The standard InChI is InChI=1S/C18H25F3N4O2.HI/c1-23-17(25-7-3-5-14(11-25)9-16(22)26)24-10-13-4-2-6-15(8-13)27-12-18(19,20)21;/h2,4,6,8,14H,3,5,7,9-12H2,1H3,(H2,22,26)(H,23,24);1H. The fraction of sp³-hybridized carbons (Fsp3) is 0.556. The molecule has 0 saturated carbocycles. The maximum Gasteiger partial charge on any atom is 0.422 e. The van der Waals surface area contributed by atoms with Gasteiger partial charge in [0.15, 0.2) is 12.6 Å². The molecule has 0 spiro atoms. The molecule has 0 aromatic heterocycles. The smallest absolute Gasteiger partial charge is 0.422 e. The zero-order valence-corrected chi connectivity index (χ0v) is 18.0. The number of hydrogen-bond donors (Lipinski definition) is 2. The minimum Gasteiger partial charge on any atom is -0.484 e. The van der Waals surface area contributed by atoms with Crippen LogP contribution in [-0.2, 0) is 11.3 Å². The number of amides is 1. The van der Waals surface area contributed by atoms with E-state index in [0.717, 1.165) is 24.9 Å². The Balaban J connectivity index is 0.00000392. The van der Waals surface area contributed by atoms with Crippen LogP contribution in [0.25, 0.3) is 0 Å². The van der Waals surface area contributed by atoms with Gasteiger partial charge >= 0.3 is 6.18 Å². The van der Waals surface area contributed by atoms with Gasteiger partial charge in [0.1, 0.15) is 5.75 Å². The number of nitrogens with one attached hydrogen (secondary N) is 1. The average Bonchev–Trinajstić information content (AvgIpc) is 2.60. The number of ether oxygens (including phenoxy) is 1. The number of alkyl halides is 3. The van der Waals surface area contributed by atoms with Gasteiger partial charge in [0.2, 0.25) is 5.91 Å². The van der Waals surface area contributed by atoms with Crippen LogP contribution in [0.5, 0.6) is 5.75 Å². The van der Waals surface area contributed by atoms with Crippen LogP contribution in [0.3, 0.4) is 0 Å². The first-order chi connectivity index (χ1) is 12.8. The number of halogens is 4. The summed E-state index contributed by atoms with van der Waals surface area (Å²) in [5.41, 5.74) is 6.07. The number of carbonyl (C=O) groups excluding carboxylic acids is 1. The van der Waals surface area contributed by atoms with Crippen molar-refractivity contribution in [3.8, 4) is 5.75 Å². The van der Waals surface area contributed by atoms with Gasteiger partial charge in [-0.1, -0.05) is 12.1 Å². The molecule has 158 valence electrons. The Hall–Kier alpha value is -1.72. The molecule has 0 bridgehead atoms. The van der Waals surface area contributed by atoms with Gasteiger partial charge in [0, 0.05) is 33.1 Å². The zero-order valence-electron chi connectivity index (χ0n) is 15.7. The second-order valence-electron chi connectivity index (χ2n) is 6.58. The molecule has 1 atom stereocenters. The van der Waals surface area contributed by atoms with Crippen LogP contribution in [0.2, 0.25) is 0 Å². The molecule has 1 heterocycles. The van der Waals surface area contributed by atoms with Crippen molar-refractivity contribution in [2.75, 3.05) is 26.7 Å². The lowest BCUT2D eigenvalue weighted by Crippen LogP contribution is -2.46. The molecule has 1 saturated heterocycles. The fourth-order valence-corrected chi connectivity index (χ4v) is 3.13. The lowest BCUT2D eigenvalue weighted by atomic mass is 9.95. The molecule has 1 fully saturated rings. The summed E-state index contributed by atoms with van der Waals surface area (Å²) >= 11 is 0. The predicted octanol–water partition coefficient (Wildman–Crippen LogP) is 2.91. The Kier molecular flexibility index (Phi) is 9.83. The van der Waals surface area contributed by atoms with Gasteiger partial charge in [-0.15, -0.1) is 24.0 Å². The number of piperidine rings is 1. The number of nitrogens with two attached hydrogens (primary N) is 1. The van der Waals surface area contributed by atoms with E-state index in [9.17, 15) is 18.0 Å². The maximum atomic E-state index is 12.3. The average molecular weight is 514 g/mol. The van der Waals surface area contributed by atoms with Crippen LogP contribution >= 0.6 is 24.0 Å². The molecular weight excluding hydrogens is 488 g/mol. The first-order valence-electron chi connectivity index (χ1n) is 8.79. The largest absolute Gasteiger partial charge is 0.484 e. The molecule has 10 heteroatoms. The Morgan fingerprint density at radius 1 is 1.43 bits per heavy atom. The van der Waals surface area contributed by atoms with Crippen molar-refractivity contribution < 1.29 is 22.7 Å². The molecule has 1 unspecified atom stereocenters. The van der Waals surface area contributed by atoms with E-state index in [1.165, 1.54) is 6.07 Å². The van der Waals surface area contributed by atoms with E-state index in [2.05, 4.69) is 15.2 Å². The topological polar surface area (TPSA) is 80.0 Å². The van der Waals surface area contributed by atoms with Gasteiger partial charge < -0.3 is 20.7 Å². The van der Waals surface area contributed by atoms with E-state index in [0.29, 0.717) is 25.5 Å². The number of aliphatic imine (C=N–C) groups is 1. The Labute approximate surface area is 179 Å². The number of likely N-dealkylation sites (tertiary alicyclic amines) is 1. The Bertz CT molecular complexity index is 670. The molecule has 2 rings (SSSR count). The van der Waals surface area contributed by atoms with Crippen LogP contribution < -0.4 is 15.8 Å². The van der Waals surface area contributed by atoms with Crippen molar-refractivity contribution in [3.63, 3.8) is 0 Å². The number of hydrogen-bond acceptors (Lipinski definition) is 3. The van der Waals surface area contributed by atoms with Crippen molar-refractivity contribution in [1.82, 2.24) is 10.2 Å². The molecule has 1 amide bonds. The van der Waals surface area contributed by atoms with Crippen molar-refractivity contribution in [1.29, 1.82) is 0 Å². The number of guanidine groups is 1. The van der Waals surface area contributed by atoms with Crippen molar-refractivity contribution in [2.45, 2.75) is 32.0 Å². The summed E-state index contributed by atoms with van der Waals surface area (Å²) in [6, 6.07) is 6.50. The van der Waals surface area contributed by atoms with Crippen LogP contribution in [0.4, 0.5) is 13.2 Å². The molecular formula is C18H26F3IN4O2. The number of primary amides is 1. The summed E-state index contributed by atoms with van der Waals surface area (Å²) < 4.78 is 41.6. The quantitative estimate of drug-likeness (QED) is 0.348. The van der Waals surface area contributed by atoms with Crippen molar-refractivity contribution in [2.24, 2.45) is 16.6 Å². The third-order valence-corrected chi connectivity index (χ3v) is 4.27. The number of carbonyl (C=O) groups is 1. The van der Waals surface area contributed by atoms with Gasteiger partial charge in [-0.2, -0.15) is 13.2 Å². The lowest BCUT2D eigenvalue weighted by Gasteiger charge is -2.34. The van der Waals surface area contributed by atoms with Crippen molar-refractivity contribution >= 4 is 35.8 Å². The highest BCUT2D eigenvalue weighted by molar-refractivity contribution is 14.0. The summed E-state index contributed by atoms with van der Waals surface area (Å²) in [6.45, 7) is 0.592. The van der Waals surface area contributed by atoms with E-state index in [1.54, 1.807) is 25.2 Å². The normalized spacial score (nSPS) is 17.6. The summed E-state index contributed by atoms with van der Waals surface area (Å²) in [5, 5.41) is 3.21. The Morgan fingerprint density at radius 3 is 2.82 bits per heavy atom. The number of rotatable bonds is 6. The van der Waals surface area contributed by atoms with Gasteiger partial charge in [-0.25, -0.2) is 0 Å². The molecule has 28 heavy (non-hydrogen) atoms. The predicted molar refractivity (Wildman–Crippen MR) is 112 cm³/mol. The maximum absolute atomic E-state index is 12.3. The molecule has 1 aliphatic rings. The first-order valence-corrected chi connectivity index (χ1v) is 8.79. The summed E-state index contributed by atoms with van der Waals surface area (Å²) in [6.07, 6.45) is -2.12. The van der Waals surface area contributed by atoms with Gasteiger partial charge in [-0.3, -0.25) is 9.79 Å². The highest BCUT2D eigenvalue weighted by Crippen LogP contribution is 2.21. The van der Waals surface area contributed by atoms with Crippen LogP contribution in [0, 0.1) is 5.92 Å². The van der Waals surface area contributed by atoms with Gasteiger partial charge in [0.05, 0.1) is 0 Å². The number of nitrogens with zero attached hydrogens (tertiary/aromatic N) is 2. The Morgan fingerprint density at radius 2 is 2.18 bits per heavy atom. The monoisotopic (exact) mass is 514 g/mol. The van der Waals surface area contributed by atoms with Crippen molar-refractivity contribution in [3.05, 3.63) is 29.8 Å². The van der Waals surface area contributed by atoms with Gasteiger partial charge in [0.25, 0.3) is 0 Å². The summed E-state index contributed by atoms with van der Waals surface area (Å²) in [5.74, 6) is 0.751. The molecule has 0 radical (unpaired) electrons. The third kappa shape index (κ3) is 8.53. The van der Waals surface area contributed by atoms with Crippen LogP contribution in [0.1, 0.15) is 24.8 Å². The first kappa shape index (κ1) is 24.3. The lowest BCUT2D eigenvalue weighted by molar-refractivity contribution is -0.153. The van der Waals surface area contributed by atoms with E-state index in [1.807, 2.05) is 0 Å². The molecule has 3 N–H and O–H groups in total. The minimum absolute atomic E-state index is 0. The molecule has 1 aromatic carbocycles. The highest BCUT2D eigenvalue weighted by atomic mass is 127. The molecule has 0 aliphatic carbocycles. The second-order valence-corrected chi connectivity index (χ2v) is 6.58. The minimum atomic E-state index is -4.37. The van der Waals surface area contributed by atoms with E-state index in [-0.39, 0.29) is 41.6 Å². The molecule has 1 aliphatic heterocycles. The third-order valence-electron chi connectivity index (χ3n) is 4.27. The summed E-state index contributed by atoms with van der Waals surface area (Å²) in [4.78, 5) is 17.5. The number of benzene rings is 1. The van der Waals surface area contributed by atoms with Gasteiger partial charge in [-0.05, 0) is 36.5 Å². The van der Waals surface area contributed by atoms with E-state index < -0.39 is 12.8 Å². The second kappa shape index (κ2) is 11.3. The zero-order chi connectivity index (χ0) is 19.9. The van der Waals surface area contributed by atoms with Crippen LogP contribution in [-0.4, -0.2) is 49.7 Å². The summed E-state index contributed by atoms with van der Waals surface area (Å²) in [7, 11) is 1.67. The molecule has 6 nitrogen and oxygen atoms in total. The van der Waals surface area contributed by atoms with Crippen LogP contribution in [0.15, 0.2) is 29.3 Å². The van der Waals surface area contributed by atoms with E-state index in [4.69, 9.17) is 10.5 Å².